The summed E-state index contributed by atoms with van der Waals surface area (Å²) >= 11 is 0. The van der Waals surface area contributed by atoms with Crippen molar-refractivity contribution in [1.29, 1.82) is 0 Å². The number of amides is 1. The summed E-state index contributed by atoms with van der Waals surface area (Å²) in [6.45, 7) is 0. The molecular formula is C21H18F3N3O3S. The molecule has 1 amide bonds. The van der Waals surface area contributed by atoms with Crippen molar-refractivity contribution in [3.05, 3.63) is 78.0 Å². The molecule has 0 bridgehead atoms. The van der Waals surface area contributed by atoms with Crippen molar-refractivity contribution >= 4 is 21.6 Å². The summed E-state index contributed by atoms with van der Waals surface area (Å²) < 4.78 is 64.8. The number of carbonyl (C=O) groups excluding carboxylic acids is 1. The topological polar surface area (TPSA) is 79.4 Å². The van der Waals surface area contributed by atoms with Crippen LogP contribution in [0.4, 0.5) is 18.9 Å². The first-order valence-corrected chi connectivity index (χ1v) is 10.4. The van der Waals surface area contributed by atoms with Crippen LogP contribution in [-0.2, 0) is 16.2 Å². The number of carbonyl (C=O) groups is 1. The van der Waals surface area contributed by atoms with Crippen molar-refractivity contribution in [2.45, 2.75) is 11.1 Å². The summed E-state index contributed by atoms with van der Waals surface area (Å²) in [4.78, 5) is 16.3. The lowest BCUT2D eigenvalue weighted by Crippen LogP contribution is -2.22. The van der Waals surface area contributed by atoms with Gasteiger partial charge in [0.25, 0.3) is 5.91 Å². The van der Waals surface area contributed by atoms with Gasteiger partial charge in [-0.3, -0.25) is 9.78 Å². The number of aromatic nitrogens is 1. The minimum Gasteiger partial charge on any atom is -0.322 e. The number of halogens is 3. The molecule has 31 heavy (non-hydrogen) atoms. The molecule has 0 atom stereocenters. The summed E-state index contributed by atoms with van der Waals surface area (Å²) in [5.41, 5.74) is -0.267. The van der Waals surface area contributed by atoms with Crippen LogP contribution in [0, 0.1) is 0 Å². The van der Waals surface area contributed by atoms with Gasteiger partial charge >= 0.3 is 6.18 Å². The minimum absolute atomic E-state index is 0.0793. The average Bonchev–Trinajstić information content (AvgIpc) is 2.73. The minimum atomic E-state index is -4.55. The van der Waals surface area contributed by atoms with E-state index in [1.54, 1.807) is 0 Å². The first-order valence-electron chi connectivity index (χ1n) is 8.97. The van der Waals surface area contributed by atoms with Crippen molar-refractivity contribution in [3.63, 3.8) is 0 Å². The number of alkyl halides is 3. The standard InChI is InChI=1S/C21H18F3N3O3S/c1-27(2)31(29,30)17-11-9-16(10-12-17)26-20(28)15-7-5-14(6-8-15)19-18(21(22,23)24)4-3-13-25-19/h3-13H,1-2H3,(H,26,28). The number of rotatable bonds is 5. The van der Waals surface area contributed by atoms with Crippen LogP contribution in [0.3, 0.4) is 0 Å². The lowest BCUT2D eigenvalue weighted by atomic mass is 10.0. The Hall–Kier alpha value is -3.24. The quantitative estimate of drug-likeness (QED) is 0.631. The van der Waals surface area contributed by atoms with Gasteiger partial charge in [-0.05, 0) is 48.5 Å². The van der Waals surface area contributed by atoms with Gasteiger partial charge in [-0.1, -0.05) is 12.1 Å². The van der Waals surface area contributed by atoms with Crippen molar-refractivity contribution in [1.82, 2.24) is 9.29 Å². The van der Waals surface area contributed by atoms with E-state index in [1.807, 2.05) is 0 Å². The zero-order valence-corrected chi connectivity index (χ0v) is 17.3. The van der Waals surface area contributed by atoms with Crippen LogP contribution in [0.25, 0.3) is 11.3 Å². The Morgan fingerprint density at radius 1 is 0.968 bits per heavy atom. The number of benzene rings is 2. The molecule has 1 heterocycles. The lowest BCUT2D eigenvalue weighted by molar-refractivity contribution is -0.137. The molecule has 10 heteroatoms. The second kappa shape index (κ2) is 8.48. The molecule has 1 N–H and O–H groups in total. The van der Waals surface area contributed by atoms with Crippen molar-refractivity contribution in [2.24, 2.45) is 0 Å². The molecule has 0 saturated carbocycles. The average molecular weight is 449 g/mol. The molecule has 0 aliphatic rings. The zero-order valence-electron chi connectivity index (χ0n) is 16.5. The van der Waals surface area contributed by atoms with E-state index in [1.165, 1.54) is 74.9 Å². The molecular weight excluding hydrogens is 431 g/mol. The fourth-order valence-corrected chi connectivity index (χ4v) is 3.67. The summed E-state index contributed by atoms with van der Waals surface area (Å²) in [6, 6.07) is 13.4. The third-order valence-electron chi connectivity index (χ3n) is 4.42. The predicted molar refractivity (Wildman–Crippen MR) is 110 cm³/mol. The Balaban J connectivity index is 1.78. The van der Waals surface area contributed by atoms with E-state index in [9.17, 15) is 26.4 Å². The highest BCUT2D eigenvalue weighted by molar-refractivity contribution is 7.89. The third kappa shape index (κ3) is 4.92. The summed E-state index contributed by atoms with van der Waals surface area (Å²) in [5, 5.41) is 2.62. The Morgan fingerprint density at radius 3 is 2.13 bits per heavy atom. The van der Waals surface area contributed by atoms with Crippen molar-refractivity contribution in [3.8, 4) is 11.3 Å². The number of sulfonamides is 1. The van der Waals surface area contributed by atoms with E-state index >= 15 is 0 Å². The van der Waals surface area contributed by atoms with Crippen LogP contribution in [0.15, 0.2) is 71.8 Å². The monoisotopic (exact) mass is 449 g/mol. The zero-order chi connectivity index (χ0) is 22.8. The maximum Gasteiger partial charge on any atom is 0.418 e. The molecule has 162 valence electrons. The van der Waals surface area contributed by atoms with Gasteiger partial charge in [0.15, 0.2) is 0 Å². The second-order valence-corrected chi connectivity index (χ2v) is 8.89. The van der Waals surface area contributed by atoms with Crippen LogP contribution >= 0.6 is 0 Å². The van der Waals surface area contributed by atoms with Gasteiger partial charge in [0.1, 0.15) is 0 Å². The molecule has 3 rings (SSSR count). The van der Waals surface area contributed by atoms with Crippen LogP contribution in [-0.4, -0.2) is 37.7 Å². The first-order chi connectivity index (χ1) is 14.5. The van der Waals surface area contributed by atoms with Gasteiger partial charge in [0.2, 0.25) is 10.0 Å². The molecule has 0 saturated heterocycles. The number of hydrogen-bond donors (Lipinski definition) is 1. The second-order valence-electron chi connectivity index (χ2n) is 6.74. The normalized spacial score (nSPS) is 12.1. The van der Waals surface area contributed by atoms with E-state index in [0.717, 1.165) is 10.4 Å². The Morgan fingerprint density at radius 2 is 1.58 bits per heavy atom. The number of hydrogen-bond acceptors (Lipinski definition) is 4. The summed E-state index contributed by atoms with van der Waals surface area (Å²) in [5.74, 6) is -0.494. The molecule has 2 aromatic carbocycles. The van der Waals surface area contributed by atoms with Gasteiger partial charge in [-0.15, -0.1) is 0 Å². The van der Waals surface area contributed by atoms with Crippen molar-refractivity contribution in [2.75, 3.05) is 19.4 Å². The molecule has 0 spiro atoms. The number of anilines is 1. The van der Waals surface area contributed by atoms with E-state index < -0.39 is 27.7 Å². The number of pyridine rings is 1. The number of nitrogens with one attached hydrogen (secondary N) is 1. The maximum absolute atomic E-state index is 13.2. The van der Waals surface area contributed by atoms with Gasteiger partial charge in [0, 0.05) is 37.1 Å². The van der Waals surface area contributed by atoms with Crippen LogP contribution < -0.4 is 5.32 Å². The fourth-order valence-electron chi connectivity index (χ4n) is 2.77. The highest BCUT2D eigenvalue weighted by Crippen LogP contribution is 2.35. The highest BCUT2D eigenvalue weighted by atomic mass is 32.2. The van der Waals surface area contributed by atoms with E-state index in [0.29, 0.717) is 5.69 Å². The largest absolute Gasteiger partial charge is 0.418 e. The summed E-state index contributed by atoms with van der Waals surface area (Å²) in [7, 11) is -0.757. The molecule has 0 fully saturated rings. The van der Waals surface area contributed by atoms with Gasteiger partial charge in [-0.2, -0.15) is 13.2 Å². The van der Waals surface area contributed by atoms with Crippen molar-refractivity contribution < 1.29 is 26.4 Å². The molecule has 0 aliphatic heterocycles. The predicted octanol–water partition coefficient (Wildman–Crippen LogP) is 4.27. The van der Waals surface area contributed by atoms with Gasteiger partial charge in [0.05, 0.1) is 16.2 Å². The smallest absolute Gasteiger partial charge is 0.322 e. The highest BCUT2D eigenvalue weighted by Gasteiger charge is 2.34. The molecule has 0 radical (unpaired) electrons. The molecule has 6 nitrogen and oxygen atoms in total. The van der Waals surface area contributed by atoms with Crippen LogP contribution in [0.1, 0.15) is 15.9 Å². The van der Waals surface area contributed by atoms with Crippen LogP contribution in [0.2, 0.25) is 0 Å². The maximum atomic E-state index is 13.2. The summed E-state index contributed by atoms with van der Waals surface area (Å²) in [6.07, 6.45) is -3.28. The van der Waals surface area contributed by atoms with E-state index in [-0.39, 0.29) is 21.7 Å². The number of nitrogens with zero attached hydrogens (tertiary/aromatic N) is 2. The van der Waals surface area contributed by atoms with E-state index in [4.69, 9.17) is 0 Å². The molecule has 3 aromatic rings. The lowest BCUT2D eigenvalue weighted by Gasteiger charge is -2.13. The Bertz CT molecular complexity index is 1190. The SMILES string of the molecule is CN(C)S(=O)(=O)c1ccc(NC(=O)c2ccc(-c3ncccc3C(F)(F)F)cc2)cc1. The van der Waals surface area contributed by atoms with Gasteiger partial charge < -0.3 is 5.32 Å². The molecule has 0 aliphatic carbocycles. The fraction of sp³-hybridized carbons (Fsp3) is 0.143. The third-order valence-corrected chi connectivity index (χ3v) is 6.25. The Labute approximate surface area is 177 Å². The van der Waals surface area contributed by atoms with E-state index in [2.05, 4.69) is 10.3 Å². The molecule has 0 unspecified atom stereocenters. The first kappa shape index (κ1) is 22.4. The molecule has 1 aromatic heterocycles. The Kier molecular flexibility index (Phi) is 6.14. The van der Waals surface area contributed by atoms with Crippen LogP contribution in [0.5, 0.6) is 0 Å². The van der Waals surface area contributed by atoms with Gasteiger partial charge in [-0.25, -0.2) is 12.7 Å².